The van der Waals surface area contributed by atoms with E-state index in [0.29, 0.717) is 12.5 Å². The molecule has 0 heterocycles. The number of hydrogen-bond donors (Lipinski definition) is 1. The fourth-order valence-electron chi connectivity index (χ4n) is 1.20. The number of hydrogen-bond acceptors (Lipinski definition) is 1. The van der Waals surface area contributed by atoms with E-state index in [4.69, 9.17) is 6.42 Å². The van der Waals surface area contributed by atoms with Crippen molar-refractivity contribution in [1.29, 1.82) is 0 Å². The largest absolute Gasteiger partial charge is 0.349 e. The van der Waals surface area contributed by atoms with Gasteiger partial charge in [-0.05, 0) is 19.1 Å². The second kappa shape index (κ2) is 5.26. The number of terminal acetylenes is 1. The molecular formula is C12H11F2NO. The van der Waals surface area contributed by atoms with Gasteiger partial charge in [0.1, 0.15) is 11.6 Å². The average Bonchev–Trinajstić information content (AvgIpc) is 2.17. The molecule has 4 heteroatoms. The molecule has 1 aromatic carbocycles. The maximum Gasteiger partial charge on any atom is 0.254 e. The minimum absolute atomic E-state index is 0.190. The molecule has 16 heavy (non-hydrogen) atoms. The Morgan fingerprint density at radius 3 is 2.81 bits per heavy atom. The highest BCUT2D eigenvalue weighted by Crippen LogP contribution is 2.09. The van der Waals surface area contributed by atoms with Crippen LogP contribution in [0.5, 0.6) is 0 Å². The average molecular weight is 223 g/mol. The van der Waals surface area contributed by atoms with E-state index in [-0.39, 0.29) is 11.6 Å². The fraction of sp³-hybridized carbons (Fsp3) is 0.250. The van der Waals surface area contributed by atoms with Gasteiger partial charge in [0.2, 0.25) is 0 Å². The van der Waals surface area contributed by atoms with E-state index in [1.807, 2.05) is 0 Å². The second-order valence-corrected chi connectivity index (χ2v) is 3.41. The van der Waals surface area contributed by atoms with E-state index in [0.717, 1.165) is 12.1 Å². The molecule has 0 aliphatic heterocycles. The molecule has 0 bridgehead atoms. The van der Waals surface area contributed by atoms with Gasteiger partial charge in [0.05, 0.1) is 5.56 Å². The molecule has 0 spiro atoms. The summed E-state index contributed by atoms with van der Waals surface area (Å²) in [6, 6.07) is 2.55. The SMILES string of the molecule is C#CCC(C)NC(=O)c1ccc(F)cc1F. The van der Waals surface area contributed by atoms with Gasteiger partial charge < -0.3 is 5.32 Å². The number of amides is 1. The molecule has 1 atom stereocenters. The van der Waals surface area contributed by atoms with Crippen LogP contribution in [-0.2, 0) is 0 Å². The Kier molecular flexibility index (Phi) is 4.01. The van der Waals surface area contributed by atoms with E-state index in [1.165, 1.54) is 0 Å². The van der Waals surface area contributed by atoms with Crippen molar-refractivity contribution < 1.29 is 13.6 Å². The number of benzene rings is 1. The maximum atomic E-state index is 13.2. The van der Waals surface area contributed by atoms with Crippen molar-refractivity contribution in [1.82, 2.24) is 5.32 Å². The van der Waals surface area contributed by atoms with E-state index in [9.17, 15) is 13.6 Å². The first-order chi connectivity index (χ1) is 7.54. The van der Waals surface area contributed by atoms with Gasteiger partial charge in [0.15, 0.2) is 0 Å². The van der Waals surface area contributed by atoms with Crippen LogP contribution >= 0.6 is 0 Å². The van der Waals surface area contributed by atoms with Gasteiger partial charge in [-0.2, -0.15) is 0 Å². The molecule has 1 aromatic rings. The second-order valence-electron chi connectivity index (χ2n) is 3.41. The first kappa shape index (κ1) is 12.2. The lowest BCUT2D eigenvalue weighted by Crippen LogP contribution is -2.32. The molecule has 0 saturated heterocycles. The lowest BCUT2D eigenvalue weighted by atomic mass is 10.1. The molecule has 0 fully saturated rings. The number of carbonyl (C=O) groups excluding carboxylic acids is 1. The van der Waals surface area contributed by atoms with Gasteiger partial charge in [0, 0.05) is 18.5 Å². The summed E-state index contributed by atoms with van der Waals surface area (Å²) in [6.07, 6.45) is 5.42. The van der Waals surface area contributed by atoms with E-state index >= 15 is 0 Å². The normalized spacial score (nSPS) is 11.6. The Morgan fingerprint density at radius 2 is 2.25 bits per heavy atom. The Balaban J connectivity index is 2.78. The van der Waals surface area contributed by atoms with Crippen LogP contribution < -0.4 is 5.32 Å². The van der Waals surface area contributed by atoms with Gasteiger partial charge in [-0.3, -0.25) is 4.79 Å². The van der Waals surface area contributed by atoms with Crippen molar-refractivity contribution in [3.8, 4) is 12.3 Å². The first-order valence-corrected chi connectivity index (χ1v) is 4.74. The summed E-state index contributed by atoms with van der Waals surface area (Å²) < 4.78 is 25.8. The summed E-state index contributed by atoms with van der Waals surface area (Å²) in [5, 5.41) is 2.51. The Hall–Kier alpha value is -1.89. The number of halogens is 2. The van der Waals surface area contributed by atoms with Crippen LogP contribution in [0.4, 0.5) is 8.78 Å². The molecule has 0 aliphatic carbocycles. The van der Waals surface area contributed by atoms with Crippen molar-refractivity contribution >= 4 is 5.91 Å². The zero-order valence-electron chi connectivity index (χ0n) is 8.76. The Labute approximate surface area is 92.7 Å². The lowest BCUT2D eigenvalue weighted by Gasteiger charge is -2.11. The third kappa shape index (κ3) is 3.06. The molecule has 1 amide bonds. The lowest BCUT2D eigenvalue weighted by molar-refractivity contribution is 0.0936. The van der Waals surface area contributed by atoms with Crippen LogP contribution in [0.2, 0.25) is 0 Å². The summed E-state index contributed by atoms with van der Waals surface area (Å²) in [5.41, 5.74) is -0.190. The molecule has 0 saturated carbocycles. The smallest absolute Gasteiger partial charge is 0.254 e. The topological polar surface area (TPSA) is 29.1 Å². The van der Waals surface area contributed by atoms with Gasteiger partial charge in [-0.25, -0.2) is 8.78 Å². The van der Waals surface area contributed by atoms with Crippen molar-refractivity contribution in [2.75, 3.05) is 0 Å². The molecular weight excluding hydrogens is 212 g/mol. The highest BCUT2D eigenvalue weighted by molar-refractivity contribution is 5.94. The predicted molar refractivity (Wildman–Crippen MR) is 56.7 cm³/mol. The van der Waals surface area contributed by atoms with Gasteiger partial charge in [0.25, 0.3) is 5.91 Å². The van der Waals surface area contributed by atoms with Crippen LogP contribution in [0.1, 0.15) is 23.7 Å². The van der Waals surface area contributed by atoms with Crippen LogP contribution in [0.25, 0.3) is 0 Å². The number of carbonyl (C=O) groups is 1. The summed E-state index contributed by atoms with van der Waals surface area (Å²) in [5.74, 6) is 0.182. The molecule has 0 aromatic heterocycles. The van der Waals surface area contributed by atoms with Crippen LogP contribution in [0.3, 0.4) is 0 Å². The third-order valence-corrected chi connectivity index (χ3v) is 1.98. The molecule has 84 valence electrons. The van der Waals surface area contributed by atoms with Crippen LogP contribution in [-0.4, -0.2) is 11.9 Å². The summed E-state index contributed by atoms with van der Waals surface area (Å²) in [6.45, 7) is 1.71. The monoisotopic (exact) mass is 223 g/mol. The van der Waals surface area contributed by atoms with Crippen LogP contribution in [0, 0.1) is 24.0 Å². The summed E-state index contributed by atoms with van der Waals surface area (Å²) >= 11 is 0. The molecule has 1 rings (SSSR count). The summed E-state index contributed by atoms with van der Waals surface area (Å²) in [7, 11) is 0. The fourth-order valence-corrected chi connectivity index (χ4v) is 1.20. The maximum absolute atomic E-state index is 13.2. The molecule has 2 nitrogen and oxygen atoms in total. The van der Waals surface area contributed by atoms with Crippen molar-refractivity contribution in [2.45, 2.75) is 19.4 Å². The summed E-state index contributed by atoms with van der Waals surface area (Å²) in [4.78, 5) is 11.5. The molecule has 1 unspecified atom stereocenters. The number of rotatable bonds is 3. The van der Waals surface area contributed by atoms with Crippen molar-refractivity contribution in [3.63, 3.8) is 0 Å². The van der Waals surface area contributed by atoms with E-state index in [2.05, 4.69) is 11.2 Å². The Morgan fingerprint density at radius 1 is 1.56 bits per heavy atom. The Bertz CT molecular complexity index is 437. The zero-order chi connectivity index (χ0) is 12.1. The van der Waals surface area contributed by atoms with Gasteiger partial charge in [-0.15, -0.1) is 12.3 Å². The third-order valence-electron chi connectivity index (χ3n) is 1.98. The highest BCUT2D eigenvalue weighted by atomic mass is 19.1. The predicted octanol–water partition coefficient (Wildman–Crippen LogP) is 2.11. The van der Waals surface area contributed by atoms with Crippen LogP contribution in [0.15, 0.2) is 18.2 Å². The van der Waals surface area contributed by atoms with Crippen molar-refractivity contribution in [3.05, 3.63) is 35.4 Å². The van der Waals surface area contributed by atoms with E-state index < -0.39 is 17.5 Å². The molecule has 0 radical (unpaired) electrons. The standard InChI is InChI=1S/C12H11F2NO/c1-3-4-8(2)15-12(16)10-6-5-9(13)7-11(10)14/h1,5-8H,4H2,2H3,(H,15,16). The van der Waals surface area contributed by atoms with E-state index in [1.54, 1.807) is 6.92 Å². The van der Waals surface area contributed by atoms with Gasteiger partial charge in [-0.1, -0.05) is 0 Å². The first-order valence-electron chi connectivity index (χ1n) is 4.74. The zero-order valence-corrected chi connectivity index (χ0v) is 8.76. The number of nitrogens with one attached hydrogen (secondary N) is 1. The minimum atomic E-state index is -0.884. The molecule has 0 aliphatic rings. The highest BCUT2D eigenvalue weighted by Gasteiger charge is 2.13. The quantitative estimate of drug-likeness (QED) is 0.781. The van der Waals surface area contributed by atoms with Gasteiger partial charge >= 0.3 is 0 Å². The van der Waals surface area contributed by atoms with Crippen molar-refractivity contribution in [2.24, 2.45) is 0 Å². The minimum Gasteiger partial charge on any atom is -0.349 e. The molecule has 1 N–H and O–H groups in total.